The van der Waals surface area contributed by atoms with Crippen LogP contribution in [-0.4, -0.2) is 42.0 Å². The molecule has 1 atom stereocenters. The maximum atomic E-state index is 5.67. The second kappa shape index (κ2) is 12.4. The monoisotopic (exact) mass is 505 g/mol. The number of nitrogens with one attached hydrogen (secondary N) is 2. The summed E-state index contributed by atoms with van der Waals surface area (Å²) in [5.74, 6) is 1.78. The van der Waals surface area contributed by atoms with Crippen molar-refractivity contribution < 1.29 is 4.42 Å². The molecule has 152 valence electrons. The molecular formula is C19H32IN5OS. The summed E-state index contributed by atoms with van der Waals surface area (Å²) in [4.78, 5) is 12.9. The molecule has 2 aromatic heterocycles. The molecule has 0 saturated carbocycles. The average Bonchev–Trinajstić information content (AvgIpc) is 3.26. The highest BCUT2D eigenvalue weighted by Gasteiger charge is 2.20. The van der Waals surface area contributed by atoms with E-state index in [0.717, 1.165) is 48.6 Å². The lowest BCUT2D eigenvalue weighted by Crippen LogP contribution is -2.43. The van der Waals surface area contributed by atoms with Crippen molar-refractivity contribution in [2.45, 2.75) is 47.2 Å². The van der Waals surface area contributed by atoms with Crippen LogP contribution in [-0.2, 0) is 6.54 Å². The standard InChI is InChI=1S/C19H31N5OS.HI/c1-6-20-19(22-13-18-23-14(4)15(5)26-18)21-12-16(24(7-2)8-3)17-10-9-11-25-17;/h9-11,16H,6-8,12-13H2,1-5H3,(H2,20,21,22);1H. The first-order valence-electron chi connectivity index (χ1n) is 9.31. The molecule has 0 radical (unpaired) electrons. The molecule has 8 heteroatoms. The van der Waals surface area contributed by atoms with E-state index in [1.807, 2.05) is 19.1 Å². The smallest absolute Gasteiger partial charge is 0.191 e. The van der Waals surface area contributed by atoms with E-state index in [4.69, 9.17) is 9.41 Å². The van der Waals surface area contributed by atoms with Crippen LogP contribution in [0.15, 0.2) is 27.8 Å². The predicted molar refractivity (Wildman–Crippen MR) is 124 cm³/mol. The molecule has 0 bridgehead atoms. The van der Waals surface area contributed by atoms with E-state index in [1.165, 1.54) is 4.88 Å². The van der Waals surface area contributed by atoms with E-state index in [-0.39, 0.29) is 30.0 Å². The molecule has 6 nitrogen and oxygen atoms in total. The summed E-state index contributed by atoms with van der Waals surface area (Å²) in [5, 5.41) is 7.83. The van der Waals surface area contributed by atoms with Gasteiger partial charge in [0.2, 0.25) is 0 Å². The van der Waals surface area contributed by atoms with Crippen molar-refractivity contribution in [1.29, 1.82) is 0 Å². The van der Waals surface area contributed by atoms with Gasteiger partial charge in [0.15, 0.2) is 5.96 Å². The number of nitrogens with zero attached hydrogens (tertiary/aromatic N) is 3. The quantitative estimate of drug-likeness (QED) is 0.305. The number of rotatable bonds is 9. The molecule has 2 aromatic rings. The topological polar surface area (TPSA) is 65.7 Å². The largest absolute Gasteiger partial charge is 0.468 e. The fraction of sp³-hybridized carbons (Fsp3) is 0.579. The zero-order valence-corrected chi connectivity index (χ0v) is 20.1. The SMILES string of the molecule is CCNC(=NCc1nc(C)c(C)s1)NCC(c1ccco1)N(CC)CC.I. The normalized spacial score (nSPS) is 12.7. The molecule has 0 saturated heterocycles. The zero-order chi connectivity index (χ0) is 18.9. The Hall–Kier alpha value is -1.13. The predicted octanol–water partition coefficient (Wildman–Crippen LogP) is 4.11. The molecule has 27 heavy (non-hydrogen) atoms. The molecule has 1 unspecified atom stereocenters. The minimum Gasteiger partial charge on any atom is -0.468 e. The number of aromatic nitrogens is 1. The summed E-state index contributed by atoms with van der Waals surface area (Å²) in [6.45, 7) is 14.6. The molecule has 0 amide bonds. The number of guanidine groups is 1. The summed E-state index contributed by atoms with van der Waals surface area (Å²) in [5.41, 5.74) is 1.09. The van der Waals surface area contributed by atoms with Gasteiger partial charge < -0.3 is 15.1 Å². The summed E-state index contributed by atoms with van der Waals surface area (Å²) in [6, 6.07) is 4.15. The Bertz CT molecular complexity index is 663. The molecule has 2 heterocycles. The minimum atomic E-state index is 0. The van der Waals surface area contributed by atoms with Crippen LogP contribution < -0.4 is 10.6 Å². The third-order valence-corrected chi connectivity index (χ3v) is 5.43. The Morgan fingerprint density at radius 1 is 1.26 bits per heavy atom. The molecule has 0 spiro atoms. The Balaban J connectivity index is 0.00000364. The lowest BCUT2D eigenvalue weighted by atomic mass is 10.2. The number of aryl methyl sites for hydroxylation is 2. The van der Waals surface area contributed by atoms with E-state index in [1.54, 1.807) is 17.6 Å². The second-order valence-corrected chi connectivity index (χ2v) is 7.37. The van der Waals surface area contributed by atoms with Gasteiger partial charge in [-0.3, -0.25) is 4.90 Å². The van der Waals surface area contributed by atoms with Crippen molar-refractivity contribution in [2.24, 2.45) is 4.99 Å². The van der Waals surface area contributed by atoms with Gasteiger partial charge in [0, 0.05) is 18.0 Å². The second-order valence-electron chi connectivity index (χ2n) is 6.08. The van der Waals surface area contributed by atoms with Gasteiger partial charge >= 0.3 is 0 Å². The first-order valence-corrected chi connectivity index (χ1v) is 10.1. The maximum absolute atomic E-state index is 5.67. The fourth-order valence-electron chi connectivity index (χ4n) is 2.84. The van der Waals surface area contributed by atoms with E-state index in [9.17, 15) is 0 Å². The number of hydrogen-bond acceptors (Lipinski definition) is 5. The van der Waals surface area contributed by atoms with Crippen molar-refractivity contribution in [2.75, 3.05) is 26.2 Å². The van der Waals surface area contributed by atoms with Crippen LogP contribution in [0.1, 0.15) is 48.2 Å². The van der Waals surface area contributed by atoms with Gasteiger partial charge in [-0.15, -0.1) is 35.3 Å². The van der Waals surface area contributed by atoms with Crippen molar-refractivity contribution in [3.63, 3.8) is 0 Å². The van der Waals surface area contributed by atoms with Gasteiger partial charge in [0.05, 0.1) is 24.5 Å². The highest BCUT2D eigenvalue weighted by Crippen LogP contribution is 2.20. The van der Waals surface area contributed by atoms with Gasteiger partial charge in [-0.05, 0) is 46.0 Å². The maximum Gasteiger partial charge on any atom is 0.191 e. The van der Waals surface area contributed by atoms with E-state index in [0.29, 0.717) is 6.54 Å². The van der Waals surface area contributed by atoms with Crippen LogP contribution in [0, 0.1) is 13.8 Å². The van der Waals surface area contributed by atoms with Crippen LogP contribution in [0.25, 0.3) is 0 Å². The summed E-state index contributed by atoms with van der Waals surface area (Å²) < 4.78 is 5.67. The Kier molecular flexibility index (Phi) is 10.9. The molecule has 0 aromatic carbocycles. The van der Waals surface area contributed by atoms with Gasteiger partial charge in [-0.1, -0.05) is 13.8 Å². The first-order chi connectivity index (χ1) is 12.6. The van der Waals surface area contributed by atoms with E-state index >= 15 is 0 Å². The lowest BCUT2D eigenvalue weighted by molar-refractivity contribution is 0.193. The number of likely N-dealkylation sites (N-methyl/N-ethyl adjacent to an activating group) is 1. The highest BCUT2D eigenvalue weighted by molar-refractivity contribution is 14.0. The van der Waals surface area contributed by atoms with Gasteiger partial charge in [0.25, 0.3) is 0 Å². The van der Waals surface area contributed by atoms with Crippen molar-refractivity contribution >= 4 is 41.3 Å². The molecule has 0 aliphatic heterocycles. The summed E-state index contributed by atoms with van der Waals surface area (Å²) in [6.07, 6.45) is 1.73. The molecule has 2 rings (SSSR count). The fourth-order valence-corrected chi connectivity index (χ4v) is 3.70. The Morgan fingerprint density at radius 3 is 2.52 bits per heavy atom. The first kappa shape index (κ1) is 23.9. The minimum absolute atomic E-state index is 0. The molecule has 0 aliphatic carbocycles. The third kappa shape index (κ3) is 7.08. The van der Waals surface area contributed by atoms with Crippen LogP contribution in [0.4, 0.5) is 0 Å². The summed E-state index contributed by atoms with van der Waals surface area (Å²) >= 11 is 1.71. The molecule has 0 fully saturated rings. The molecule has 2 N–H and O–H groups in total. The van der Waals surface area contributed by atoms with Crippen molar-refractivity contribution in [1.82, 2.24) is 20.5 Å². The van der Waals surface area contributed by atoms with Crippen LogP contribution >= 0.6 is 35.3 Å². The summed E-state index contributed by atoms with van der Waals surface area (Å²) in [7, 11) is 0. The van der Waals surface area contributed by atoms with Crippen LogP contribution in [0.5, 0.6) is 0 Å². The zero-order valence-electron chi connectivity index (χ0n) is 16.9. The number of furan rings is 1. The van der Waals surface area contributed by atoms with Crippen molar-refractivity contribution in [3.8, 4) is 0 Å². The van der Waals surface area contributed by atoms with Gasteiger partial charge in [0.1, 0.15) is 10.8 Å². The number of aliphatic imine (C=N–C) groups is 1. The van der Waals surface area contributed by atoms with Crippen molar-refractivity contribution in [3.05, 3.63) is 39.7 Å². The third-order valence-electron chi connectivity index (χ3n) is 4.38. The average molecular weight is 505 g/mol. The van der Waals surface area contributed by atoms with Gasteiger partial charge in [-0.2, -0.15) is 0 Å². The van der Waals surface area contributed by atoms with Crippen LogP contribution in [0.3, 0.4) is 0 Å². The number of thiazole rings is 1. The number of hydrogen-bond donors (Lipinski definition) is 2. The lowest BCUT2D eigenvalue weighted by Gasteiger charge is -2.28. The Morgan fingerprint density at radius 2 is 2.00 bits per heavy atom. The van der Waals surface area contributed by atoms with E-state index < -0.39 is 0 Å². The Labute approximate surface area is 183 Å². The van der Waals surface area contributed by atoms with Gasteiger partial charge in [-0.25, -0.2) is 9.98 Å². The number of halogens is 1. The van der Waals surface area contributed by atoms with Crippen LogP contribution in [0.2, 0.25) is 0 Å². The highest BCUT2D eigenvalue weighted by atomic mass is 127. The molecular weight excluding hydrogens is 473 g/mol. The van der Waals surface area contributed by atoms with E-state index in [2.05, 4.69) is 48.2 Å². The molecule has 0 aliphatic rings.